The van der Waals surface area contributed by atoms with Gasteiger partial charge in [-0.1, -0.05) is 20.8 Å². The molecule has 1 aliphatic carbocycles. The summed E-state index contributed by atoms with van der Waals surface area (Å²) in [7, 11) is 0. The van der Waals surface area contributed by atoms with Gasteiger partial charge in [0.1, 0.15) is 0 Å². The van der Waals surface area contributed by atoms with E-state index in [0.29, 0.717) is 17.4 Å². The zero-order valence-electron chi connectivity index (χ0n) is 14.2. The molecule has 0 bridgehead atoms. The fraction of sp³-hybridized carbons (Fsp3) is 0.944. The Labute approximate surface area is 130 Å². The minimum absolute atomic E-state index is 0.281. The van der Waals surface area contributed by atoms with E-state index in [2.05, 4.69) is 31.4 Å². The second kappa shape index (κ2) is 7.62. The van der Waals surface area contributed by atoms with Crippen molar-refractivity contribution in [1.29, 1.82) is 0 Å². The standard InChI is InChI=1S/C18H34N2O/c1-18(2,3)12-14-6-8-16(9-7-14)20-17(21)11-15-5-4-10-19-13-15/h14-16,19H,4-13H2,1-3H3,(H,20,21). The topological polar surface area (TPSA) is 41.1 Å². The van der Waals surface area contributed by atoms with Crippen molar-refractivity contribution < 1.29 is 4.79 Å². The molecule has 1 atom stereocenters. The van der Waals surface area contributed by atoms with Gasteiger partial charge in [-0.3, -0.25) is 4.79 Å². The number of carbonyl (C=O) groups excluding carboxylic acids is 1. The highest BCUT2D eigenvalue weighted by molar-refractivity contribution is 5.76. The van der Waals surface area contributed by atoms with Gasteiger partial charge in [0.25, 0.3) is 0 Å². The van der Waals surface area contributed by atoms with Gasteiger partial charge in [0.05, 0.1) is 0 Å². The van der Waals surface area contributed by atoms with Crippen molar-refractivity contribution in [1.82, 2.24) is 10.6 Å². The predicted octanol–water partition coefficient (Wildman–Crippen LogP) is 3.49. The Kier molecular flexibility index (Phi) is 6.09. The Balaban J connectivity index is 1.64. The lowest BCUT2D eigenvalue weighted by molar-refractivity contribution is -0.123. The molecule has 3 nitrogen and oxygen atoms in total. The third-order valence-corrected chi connectivity index (χ3v) is 4.99. The minimum atomic E-state index is 0.281. The van der Waals surface area contributed by atoms with Gasteiger partial charge in [-0.15, -0.1) is 0 Å². The number of rotatable bonds is 4. The molecule has 0 spiro atoms. The predicted molar refractivity (Wildman–Crippen MR) is 88.2 cm³/mol. The van der Waals surface area contributed by atoms with Gasteiger partial charge in [0.2, 0.25) is 5.91 Å². The summed E-state index contributed by atoms with van der Waals surface area (Å²) in [6, 6.07) is 0.435. The highest BCUT2D eigenvalue weighted by atomic mass is 16.1. The third-order valence-electron chi connectivity index (χ3n) is 4.99. The van der Waals surface area contributed by atoms with Crippen molar-refractivity contribution in [2.45, 2.75) is 78.2 Å². The smallest absolute Gasteiger partial charge is 0.220 e. The first-order chi connectivity index (χ1) is 9.92. The molecule has 1 unspecified atom stereocenters. The van der Waals surface area contributed by atoms with Crippen molar-refractivity contribution in [2.75, 3.05) is 13.1 Å². The van der Waals surface area contributed by atoms with Crippen molar-refractivity contribution in [3.8, 4) is 0 Å². The molecule has 122 valence electrons. The van der Waals surface area contributed by atoms with Crippen LogP contribution in [0.4, 0.5) is 0 Å². The zero-order valence-corrected chi connectivity index (χ0v) is 14.2. The summed E-state index contributed by atoms with van der Waals surface area (Å²) in [4.78, 5) is 12.2. The van der Waals surface area contributed by atoms with Crippen LogP contribution in [0.1, 0.15) is 72.1 Å². The first-order valence-electron chi connectivity index (χ1n) is 8.92. The lowest BCUT2D eigenvalue weighted by Crippen LogP contribution is -2.40. The summed E-state index contributed by atoms with van der Waals surface area (Å²) >= 11 is 0. The average Bonchev–Trinajstić information content (AvgIpc) is 2.40. The first kappa shape index (κ1) is 16.8. The highest BCUT2D eigenvalue weighted by Crippen LogP contribution is 2.34. The van der Waals surface area contributed by atoms with Crippen molar-refractivity contribution in [3.05, 3.63) is 0 Å². The van der Waals surface area contributed by atoms with Crippen LogP contribution in [0.25, 0.3) is 0 Å². The molecule has 0 aromatic heterocycles. The lowest BCUT2D eigenvalue weighted by Gasteiger charge is -2.33. The molecule has 1 saturated carbocycles. The largest absolute Gasteiger partial charge is 0.353 e. The molecule has 1 aliphatic heterocycles. The van der Waals surface area contributed by atoms with Crippen molar-refractivity contribution in [2.24, 2.45) is 17.3 Å². The Morgan fingerprint density at radius 3 is 2.38 bits per heavy atom. The minimum Gasteiger partial charge on any atom is -0.353 e. The fourth-order valence-electron chi connectivity index (χ4n) is 4.02. The molecular formula is C18H34N2O. The normalized spacial score (nSPS) is 30.9. The van der Waals surface area contributed by atoms with E-state index in [1.807, 2.05) is 0 Å². The van der Waals surface area contributed by atoms with Crippen LogP contribution in [0.5, 0.6) is 0 Å². The van der Waals surface area contributed by atoms with Gasteiger partial charge in [-0.2, -0.15) is 0 Å². The Hall–Kier alpha value is -0.570. The molecule has 3 heteroatoms. The van der Waals surface area contributed by atoms with Crippen LogP contribution >= 0.6 is 0 Å². The number of nitrogens with one attached hydrogen (secondary N) is 2. The van der Waals surface area contributed by atoms with E-state index in [9.17, 15) is 4.79 Å². The summed E-state index contributed by atoms with van der Waals surface area (Å²) in [5, 5.41) is 6.67. The molecule has 2 fully saturated rings. The summed E-state index contributed by atoms with van der Waals surface area (Å²) in [6.45, 7) is 9.14. The summed E-state index contributed by atoms with van der Waals surface area (Å²) in [5.41, 5.74) is 0.439. The van der Waals surface area contributed by atoms with E-state index in [0.717, 1.165) is 25.4 Å². The van der Waals surface area contributed by atoms with E-state index in [1.165, 1.54) is 44.9 Å². The van der Waals surface area contributed by atoms with E-state index in [4.69, 9.17) is 0 Å². The maximum atomic E-state index is 12.2. The zero-order chi connectivity index (χ0) is 15.3. The quantitative estimate of drug-likeness (QED) is 0.833. The van der Waals surface area contributed by atoms with Gasteiger partial charge < -0.3 is 10.6 Å². The first-order valence-corrected chi connectivity index (χ1v) is 8.92. The molecule has 0 aromatic carbocycles. The summed E-state index contributed by atoms with van der Waals surface area (Å²) in [5.74, 6) is 1.69. The Morgan fingerprint density at radius 1 is 1.10 bits per heavy atom. The molecule has 21 heavy (non-hydrogen) atoms. The molecular weight excluding hydrogens is 260 g/mol. The molecule has 0 aromatic rings. The van der Waals surface area contributed by atoms with Gasteiger partial charge in [-0.05, 0) is 75.3 Å². The van der Waals surface area contributed by atoms with Crippen molar-refractivity contribution >= 4 is 5.91 Å². The molecule has 1 heterocycles. The summed E-state index contributed by atoms with van der Waals surface area (Å²) in [6.07, 6.45) is 9.39. The monoisotopic (exact) mass is 294 g/mol. The molecule has 0 radical (unpaired) electrons. The van der Waals surface area contributed by atoms with Crippen LogP contribution in [-0.4, -0.2) is 25.0 Å². The lowest BCUT2D eigenvalue weighted by atomic mass is 9.76. The number of hydrogen-bond donors (Lipinski definition) is 2. The third kappa shape index (κ3) is 6.37. The van der Waals surface area contributed by atoms with E-state index >= 15 is 0 Å². The molecule has 1 saturated heterocycles. The second-order valence-electron chi connectivity index (χ2n) is 8.47. The average molecular weight is 294 g/mol. The van der Waals surface area contributed by atoms with Gasteiger partial charge in [-0.25, -0.2) is 0 Å². The SMILES string of the molecule is CC(C)(C)CC1CCC(NC(=O)CC2CCCNC2)CC1. The van der Waals surface area contributed by atoms with Crippen LogP contribution in [0.2, 0.25) is 0 Å². The maximum absolute atomic E-state index is 12.2. The van der Waals surface area contributed by atoms with E-state index in [-0.39, 0.29) is 5.91 Å². The Bertz CT molecular complexity index is 321. The fourth-order valence-corrected chi connectivity index (χ4v) is 4.02. The second-order valence-corrected chi connectivity index (χ2v) is 8.47. The Morgan fingerprint density at radius 2 is 1.81 bits per heavy atom. The molecule has 2 aliphatic rings. The molecule has 2 rings (SSSR count). The number of piperidine rings is 1. The maximum Gasteiger partial charge on any atom is 0.220 e. The van der Waals surface area contributed by atoms with Gasteiger partial charge >= 0.3 is 0 Å². The number of carbonyl (C=O) groups is 1. The highest BCUT2D eigenvalue weighted by Gasteiger charge is 2.26. The molecule has 1 amide bonds. The van der Waals surface area contributed by atoms with Gasteiger partial charge in [0.15, 0.2) is 0 Å². The number of hydrogen-bond acceptors (Lipinski definition) is 2. The molecule has 2 N–H and O–H groups in total. The van der Waals surface area contributed by atoms with Crippen LogP contribution in [0.15, 0.2) is 0 Å². The summed E-state index contributed by atoms with van der Waals surface area (Å²) < 4.78 is 0. The van der Waals surface area contributed by atoms with E-state index in [1.54, 1.807) is 0 Å². The van der Waals surface area contributed by atoms with Crippen molar-refractivity contribution in [3.63, 3.8) is 0 Å². The van der Waals surface area contributed by atoms with Crippen LogP contribution in [0.3, 0.4) is 0 Å². The number of amides is 1. The van der Waals surface area contributed by atoms with Crippen LogP contribution in [0, 0.1) is 17.3 Å². The van der Waals surface area contributed by atoms with Gasteiger partial charge in [0, 0.05) is 12.5 Å². The van der Waals surface area contributed by atoms with Crippen LogP contribution < -0.4 is 10.6 Å². The van der Waals surface area contributed by atoms with E-state index < -0.39 is 0 Å². The van der Waals surface area contributed by atoms with Crippen LogP contribution in [-0.2, 0) is 4.79 Å².